The van der Waals surface area contributed by atoms with Gasteiger partial charge in [-0.25, -0.2) is 4.57 Å². The molecule has 330 valence electrons. The second-order valence-corrected chi connectivity index (χ2v) is 17.3. The topological polar surface area (TPSA) is 119 Å². The number of phosphoric ester groups is 1. The Labute approximate surface area is 345 Å². The Bertz CT molecular complexity index is 962. The van der Waals surface area contributed by atoms with Gasteiger partial charge in [-0.3, -0.25) is 14.1 Å². The number of allylic oxidation sites excluding steroid dienone is 4. The smallest absolute Gasteiger partial charge is 0.462 e. The molecule has 1 atom stereocenters. The second-order valence-electron chi connectivity index (χ2n) is 16.1. The second kappa shape index (κ2) is 43.1. The van der Waals surface area contributed by atoms with Crippen molar-refractivity contribution < 1.29 is 37.9 Å². The number of rotatable bonds is 44. The summed E-state index contributed by atoms with van der Waals surface area (Å²) >= 11 is 0. The molecule has 9 heteroatoms. The summed E-state index contributed by atoms with van der Waals surface area (Å²) < 4.78 is 26.4. The van der Waals surface area contributed by atoms with Crippen LogP contribution in [-0.4, -0.2) is 41.0 Å². The largest absolute Gasteiger partial charge is 0.469 e. The van der Waals surface area contributed by atoms with Gasteiger partial charge in [0.25, 0.3) is 0 Å². The van der Waals surface area contributed by atoms with Crippen molar-refractivity contribution in [2.75, 3.05) is 13.2 Å². The summed E-state index contributed by atoms with van der Waals surface area (Å²) in [5.74, 6) is -0.922. The third kappa shape index (κ3) is 45.2. The molecule has 0 aromatic carbocycles. The summed E-state index contributed by atoms with van der Waals surface area (Å²) in [4.78, 5) is 42.9. The van der Waals surface area contributed by atoms with Gasteiger partial charge in [-0.2, -0.15) is 0 Å². The molecule has 0 aliphatic rings. The van der Waals surface area contributed by atoms with E-state index in [1.807, 2.05) is 0 Å². The molecule has 0 bridgehead atoms. The summed E-state index contributed by atoms with van der Waals surface area (Å²) in [6.45, 7) is 3.69. The molecule has 0 aliphatic carbocycles. The molecular weight excluding hydrogens is 723 g/mol. The van der Waals surface area contributed by atoms with E-state index in [1.54, 1.807) is 0 Å². The van der Waals surface area contributed by atoms with Gasteiger partial charge in [0.05, 0.1) is 6.61 Å². The molecule has 0 saturated heterocycles. The molecule has 8 nitrogen and oxygen atoms in total. The van der Waals surface area contributed by atoms with Crippen LogP contribution in [0.1, 0.15) is 245 Å². The number of carbonyl (C=O) groups excluding carboxylic acids is 2. The normalized spacial score (nSPS) is 12.6. The molecular formula is C47H89O8P. The zero-order valence-corrected chi connectivity index (χ0v) is 37.4. The summed E-state index contributed by atoms with van der Waals surface area (Å²) in [5.41, 5.74) is 0. The Kier molecular flexibility index (Phi) is 42.0. The van der Waals surface area contributed by atoms with Crippen molar-refractivity contribution in [2.24, 2.45) is 0 Å². The van der Waals surface area contributed by atoms with E-state index in [2.05, 4.69) is 42.7 Å². The van der Waals surface area contributed by atoms with Crippen molar-refractivity contribution in [3.63, 3.8) is 0 Å². The first-order valence-corrected chi connectivity index (χ1v) is 25.2. The van der Waals surface area contributed by atoms with Gasteiger partial charge in [0.1, 0.15) is 6.61 Å². The van der Waals surface area contributed by atoms with E-state index in [-0.39, 0.29) is 19.4 Å². The number of ether oxygens (including phenoxy) is 2. The lowest BCUT2D eigenvalue weighted by Crippen LogP contribution is -2.29. The van der Waals surface area contributed by atoms with E-state index in [9.17, 15) is 14.2 Å². The van der Waals surface area contributed by atoms with Crippen LogP contribution < -0.4 is 0 Å². The van der Waals surface area contributed by atoms with Crippen LogP contribution in [-0.2, 0) is 28.2 Å². The summed E-state index contributed by atoms with van der Waals surface area (Å²) in [6.07, 6.45) is 50.6. The standard InChI is InChI=1S/C47H89O8P/c1-3-5-7-9-11-13-15-17-19-20-21-22-23-24-25-26-28-29-31-33-35-37-39-41-46(48)53-43-45(44-54-56(50,51)52)55-47(49)42-40-38-36-34-32-30-27-18-16-14-12-10-8-6-4-2/h26,28,33,35,45H,3-25,27,29-32,34,36-44H2,1-2H3,(H2,50,51,52)/b28-26+,35-33+/t45-/m1/s1. The van der Waals surface area contributed by atoms with Crippen LogP contribution in [0.3, 0.4) is 0 Å². The number of carbonyl (C=O) groups is 2. The van der Waals surface area contributed by atoms with Gasteiger partial charge < -0.3 is 19.3 Å². The molecule has 0 fully saturated rings. The maximum absolute atomic E-state index is 12.4. The fourth-order valence-electron chi connectivity index (χ4n) is 6.92. The highest BCUT2D eigenvalue weighted by atomic mass is 31.2. The maximum atomic E-state index is 12.4. The molecule has 0 aromatic heterocycles. The number of esters is 2. The fourth-order valence-corrected chi connectivity index (χ4v) is 7.29. The van der Waals surface area contributed by atoms with Gasteiger partial charge in [-0.1, -0.05) is 212 Å². The molecule has 0 spiro atoms. The van der Waals surface area contributed by atoms with Gasteiger partial charge in [-0.05, 0) is 44.9 Å². The van der Waals surface area contributed by atoms with Crippen LogP contribution in [0.2, 0.25) is 0 Å². The average Bonchev–Trinajstić information content (AvgIpc) is 3.17. The van der Waals surface area contributed by atoms with Crippen LogP contribution in [0.5, 0.6) is 0 Å². The molecule has 0 radical (unpaired) electrons. The molecule has 56 heavy (non-hydrogen) atoms. The Morgan fingerprint density at radius 2 is 0.786 bits per heavy atom. The summed E-state index contributed by atoms with van der Waals surface area (Å²) in [6, 6.07) is 0. The molecule has 0 saturated carbocycles. The Balaban J connectivity index is 3.86. The van der Waals surface area contributed by atoms with Crippen molar-refractivity contribution in [1.82, 2.24) is 0 Å². The monoisotopic (exact) mass is 813 g/mol. The zero-order valence-electron chi connectivity index (χ0n) is 36.5. The van der Waals surface area contributed by atoms with Gasteiger partial charge in [0.2, 0.25) is 0 Å². The third-order valence-electron chi connectivity index (χ3n) is 10.5. The van der Waals surface area contributed by atoms with Crippen LogP contribution in [0, 0.1) is 0 Å². The highest BCUT2D eigenvalue weighted by Gasteiger charge is 2.22. The van der Waals surface area contributed by atoms with Crippen LogP contribution in [0.15, 0.2) is 24.3 Å². The predicted octanol–water partition coefficient (Wildman–Crippen LogP) is 14.7. The zero-order chi connectivity index (χ0) is 41.1. The SMILES string of the molecule is CCCCCCCCCCCCCCCC/C=C/CC/C=C/CCCC(=O)OC[C@H](COP(=O)(O)O)OC(=O)CCCCCCCCCCCCCCCCC. The molecule has 0 aliphatic heterocycles. The van der Waals surface area contributed by atoms with E-state index in [0.717, 1.165) is 44.9 Å². The highest BCUT2D eigenvalue weighted by Crippen LogP contribution is 2.36. The highest BCUT2D eigenvalue weighted by molar-refractivity contribution is 7.46. The lowest BCUT2D eigenvalue weighted by atomic mass is 10.0. The van der Waals surface area contributed by atoms with Crippen LogP contribution >= 0.6 is 7.82 Å². The van der Waals surface area contributed by atoms with Crippen molar-refractivity contribution in [2.45, 2.75) is 251 Å². The van der Waals surface area contributed by atoms with E-state index >= 15 is 0 Å². The third-order valence-corrected chi connectivity index (χ3v) is 10.9. The Morgan fingerprint density at radius 1 is 0.446 bits per heavy atom. The van der Waals surface area contributed by atoms with Crippen LogP contribution in [0.25, 0.3) is 0 Å². The molecule has 0 rings (SSSR count). The summed E-state index contributed by atoms with van der Waals surface area (Å²) in [7, 11) is -4.76. The minimum atomic E-state index is -4.76. The molecule has 0 aromatic rings. The van der Waals surface area contributed by atoms with E-state index < -0.39 is 32.5 Å². The van der Waals surface area contributed by atoms with Crippen LogP contribution in [0.4, 0.5) is 0 Å². The van der Waals surface area contributed by atoms with Gasteiger partial charge in [0, 0.05) is 12.8 Å². The number of hydrogen-bond acceptors (Lipinski definition) is 6. The lowest BCUT2D eigenvalue weighted by Gasteiger charge is -2.18. The number of hydrogen-bond donors (Lipinski definition) is 2. The first-order valence-electron chi connectivity index (χ1n) is 23.6. The van der Waals surface area contributed by atoms with E-state index in [1.165, 1.54) is 161 Å². The first kappa shape index (κ1) is 54.5. The van der Waals surface area contributed by atoms with E-state index in [4.69, 9.17) is 19.3 Å². The first-order chi connectivity index (χ1) is 27.3. The molecule has 0 heterocycles. The van der Waals surface area contributed by atoms with Crippen molar-refractivity contribution in [3.05, 3.63) is 24.3 Å². The molecule has 0 amide bonds. The van der Waals surface area contributed by atoms with Gasteiger partial charge in [-0.15, -0.1) is 0 Å². The molecule has 2 N–H and O–H groups in total. The van der Waals surface area contributed by atoms with E-state index in [0.29, 0.717) is 12.8 Å². The predicted molar refractivity (Wildman–Crippen MR) is 235 cm³/mol. The quantitative estimate of drug-likeness (QED) is 0.0270. The minimum absolute atomic E-state index is 0.209. The van der Waals surface area contributed by atoms with Crippen molar-refractivity contribution >= 4 is 19.8 Å². The fraction of sp³-hybridized carbons (Fsp3) is 0.872. The maximum Gasteiger partial charge on any atom is 0.469 e. The molecule has 0 unspecified atom stereocenters. The van der Waals surface area contributed by atoms with Gasteiger partial charge in [0.15, 0.2) is 6.10 Å². The van der Waals surface area contributed by atoms with Crippen molar-refractivity contribution in [3.8, 4) is 0 Å². The minimum Gasteiger partial charge on any atom is -0.462 e. The Hall–Kier alpha value is -1.47. The number of phosphoric acid groups is 1. The lowest BCUT2D eigenvalue weighted by molar-refractivity contribution is -0.161. The van der Waals surface area contributed by atoms with Gasteiger partial charge >= 0.3 is 19.8 Å². The van der Waals surface area contributed by atoms with Crippen molar-refractivity contribution in [1.29, 1.82) is 0 Å². The summed E-state index contributed by atoms with van der Waals surface area (Å²) in [5, 5.41) is 0. The Morgan fingerprint density at radius 3 is 1.20 bits per heavy atom. The average molecular weight is 813 g/mol. The number of unbranched alkanes of at least 4 members (excludes halogenated alkanes) is 30.